The molecule has 0 N–H and O–H groups in total. The second-order valence-electron chi connectivity index (χ2n) is 2.19. The Labute approximate surface area is 136 Å². The maximum atomic E-state index is 3.56. The molecule has 0 fully saturated rings. The highest BCUT2D eigenvalue weighted by molar-refractivity contribution is 4.69. The van der Waals surface area contributed by atoms with Crippen LogP contribution in [-0.2, 0) is 0 Å². The van der Waals surface area contributed by atoms with Crippen LogP contribution in [0.3, 0.4) is 0 Å². The maximum absolute atomic E-state index is 3.56. The van der Waals surface area contributed by atoms with Gasteiger partial charge >= 0.3 is 0 Å². The topological polar surface area (TPSA) is 0 Å². The van der Waals surface area contributed by atoms with Crippen molar-refractivity contribution in [2.24, 2.45) is 5.92 Å². The molecule has 0 saturated carbocycles. The third kappa shape index (κ3) is 1640. The van der Waals surface area contributed by atoms with Crippen molar-refractivity contribution in [1.82, 2.24) is 0 Å². The normalized spacial score (nSPS) is 4.85. The van der Waals surface area contributed by atoms with Crippen LogP contribution < -0.4 is 0 Å². The standard InChI is InChI=1S/C5H10.C3H8.6C2H6/c1-4-5(2)3;1-3-2;6*1-2/h4-5H,1H2,2-3H3;3H2,1-2H3;6*1-2H3. The van der Waals surface area contributed by atoms with Crippen LogP contribution in [0, 0.1) is 5.92 Å². The molecule has 0 rings (SSSR count). The van der Waals surface area contributed by atoms with Crippen molar-refractivity contribution < 1.29 is 0 Å². The average Bonchev–Trinajstić information content (AvgIpc) is 2.59. The van der Waals surface area contributed by atoms with Gasteiger partial charge in [0.05, 0.1) is 0 Å². The molecule has 0 aromatic carbocycles. The van der Waals surface area contributed by atoms with Gasteiger partial charge in [0.25, 0.3) is 0 Å². The van der Waals surface area contributed by atoms with E-state index in [-0.39, 0.29) is 0 Å². The fourth-order valence-corrected chi connectivity index (χ4v) is 0. The molecule has 0 heteroatoms. The molecule has 0 spiro atoms. The molecule has 134 valence electrons. The minimum atomic E-state index is 0.648. The SMILES string of the molecule is C=CC(C)C.CC.CC.CC.CC.CC.CC.CCC. The lowest BCUT2D eigenvalue weighted by Gasteiger charge is -1.84. The van der Waals surface area contributed by atoms with E-state index < -0.39 is 0 Å². The largest absolute Gasteiger partial charge is 0.103 e. The summed E-state index contributed by atoms with van der Waals surface area (Å²) < 4.78 is 0. The number of hydrogen-bond acceptors (Lipinski definition) is 0. The molecular formula is C20H54. The van der Waals surface area contributed by atoms with E-state index >= 15 is 0 Å². The Morgan fingerprint density at radius 3 is 0.650 bits per heavy atom. The van der Waals surface area contributed by atoms with Gasteiger partial charge in [0.1, 0.15) is 0 Å². The van der Waals surface area contributed by atoms with Crippen molar-refractivity contribution >= 4 is 0 Å². The minimum Gasteiger partial charge on any atom is -0.103 e. The van der Waals surface area contributed by atoms with Gasteiger partial charge < -0.3 is 0 Å². The Morgan fingerprint density at radius 1 is 0.600 bits per heavy atom. The van der Waals surface area contributed by atoms with Crippen molar-refractivity contribution in [1.29, 1.82) is 0 Å². The van der Waals surface area contributed by atoms with Crippen LogP contribution in [0.2, 0.25) is 0 Å². The zero-order valence-corrected chi connectivity index (χ0v) is 18.6. The highest BCUT2D eigenvalue weighted by Gasteiger charge is 1.73. The summed E-state index contributed by atoms with van der Waals surface area (Å²) in [6.45, 7) is 36.0. The van der Waals surface area contributed by atoms with Crippen LogP contribution in [-0.4, -0.2) is 0 Å². The van der Waals surface area contributed by atoms with Gasteiger partial charge in [-0.25, -0.2) is 0 Å². The van der Waals surface area contributed by atoms with E-state index in [0.717, 1.165) is 0 Å². The first-order chi connectivity index (χ1) is 9.68. The number of allylic oxidation sites excluding steroid dienone is 1. The highest BCUT2D eigenvalue weighted by atomic mass is 13.8. The zero-order valence-electron chi connectivity index (χ0n) is 18.6. The fraction of sp³-hybridized carbons (Fsp3) is 0.900. The fourth-order valence-electron chi connectivity index (χ4n) is 0. The van der Waals surface area contributed by atoms with Crippen LogP contribution in [0.5, 0.6) is 0 Å². The van der Waals surface area contributed by atoms with Gasteiger partial charge in [-0.2, -0.15) is 0 Å². The van der Waals surface area contributed by atoms with E-state index in [1.165, 1.54) is 6.42 Å². The summed E-state index contributed by atoms with van der Waals surface area (Å²) in [6.07, 6.45) is 3.17. The van der Waals surface area contributed by atoms with Crippen LogP contribution in [0.1, 0.15) is 117 Å². The van der Waals surface area contributed by atoms with E-state index in [0.29, 0.717) is 5.92 Å². The van der Waals surface area contributed by atoms with Gasteiger partial charge in [-0.15, -0.1) is 6.58 Å². The molecule has 20 heavy (non-hydrogen) atoms. The summed E-state index contributed by atoms with van der Waals surface area (Å²) in [5.74, 6) is 0.648. The Hall–Kier alpha value is -0.260. The second-order valence-corrected chi connectivity index (χ2v) is 2.19. The third-order valence-corrected chi connectivity index (χ3v) is 0.471. The van der Waals surface area contributed by atoms with Crippen molar-refractivity contribution in [3.8, 4) is 0 Å². The van der Waals surface area contributed by atoms with Crippen molar-refractivity contribution in [3.63, 3.8) is 0 Å². The van der Waals surface area contributed by atoms with Crippen molar-refractivity contribution in [3.05, 3.63) is 12.7 Å². The molecule has 0 aliphatic carbocycles. The van der Waals surface area contributed by atoms with E-state index in [2.05, 4.69) is 34.3 Å². The Bertz CT molecular complexity index is 35.3. The lowest BCUT2D eigenvalue weighted by Crippen LogP contribution is -1.71. The highest BCUT2D eigenvalue weighted by Crippen LogP contribution is 1.87. The van der Waals surface area contributed by atoms with E-state index in [1.807, 2.05) is 89.2 Å². The van der Waals surface area contributed by atoms with Gasteiger partial charge in [-0.05, 0) is 5.92 Å². The van der Waals surface area contributed by atoms with Crippen molar-refractivity contribution in [2.45, 2.75) is 117 Å². The van der Waals surface area contributed by atoms with E-state index in [4.69, 9.17) is 0 Å². The Balaban J connectivity index is -0.0000000144. The molecule has 0 amide bonds. The van der Waals surface area contributed by atoms with Crippen LogP contribution >= 0.6 is 0 Å². The van der Waals surface area contributed by atoms with Gasteiger partial charge in [0, 0.05) is 0 Å². The maximum Gasteiger partial charge on any atom is -0.0293 e. The molecule has 0 bridgehead atoms. The van der Waals surface area contributed by atoms with Gasteiger partial charge in [-0.1, -0.05) is 123 Å². The molecule has 0 aliphatic heterocycles. The van der Waals surface area contributed by atoms with Crippen LogP contribution in [0.25, 0.3) is 0 Å². The van der Waals surface area contributed by atoms with E-state index in [9.17, 15) is 0 Å². The molecule has 0 atom stereocenters. The molecule has 0 nitrogen and oxygen atoms in total. The first-order valence-corrected chi connectivity index (χ1v) is 9.31. The van der Waals surface area contributed by atoms with Crippen LogP contribution in [0.4, 0.5) is 0 Å². The summed E-state index contributed by atoms with van der Waals surface area (Å²) in [6, 6.07) is 0. The van der Waals surface area contributed by atoms with Gasteiger partial charge in [0.2, 0.25) is 0 Å². The molecule has 0 aromatic heterocycles. The summed E-state index contributed by atoms with van der Waals surface area (Å²) >= 11 is 0. The molecule has 0 unspecified atom stereocenters. The second kappa shape index (κ2) is 262. The summed E-state index contributed by atoms with van der Waals surface area (Å²) in [5.41, 5.74) is 0. The lowest BCUT2D eigenvalue weighted by molar-refractivity contribution is 0.835. The predicted molar refractivity (Wildman–Crippen MR) is 109 cm³/mol. The molecule has 0 radical (unpaired) electrons. The molecule has 0 heterocycles. The first-order valence-electron chi connectivity index (χ1n) is 9.31. The first kappa shape index (κ1) is 50.3. The molecule has 0 aliphatic rings. The smallest absolute Gasteiger partial charge is 0.0293 e. The zero-order chi connectivity index (χ0) is 19.0. The summed E-state index contributed by atoms with van der Waals surface area (Å²) in [5, 5.41) is 0. The van der Waals surface area contributed by atoms with Gasteiger partial charge in [-0.3, -0.25) is 0 Å². The number of hydrogen-bond donors (Lipinski definition) is 0. The average molecular weight is 295 g/mol. The third-order valence-electron chi connectivity index (χ3n) is 0.471. The summed E-state index contributed by atoms with van der Waals surface area (Å²) in [4.78, 5) is 0. The Morgan fingerprint density at radius 2 is 0.650 bits per heavy atom. The quantitative estimate of drug-likeness (QED) is 0.422. The van der Waals surface area contributed by atoms with Gasteiger partial charge in [0.15, 0.2) is 0 Å². The summed E-state index contributed by atoms with van der Waals surface area (Å²) in [7, 11) is 0. The van der Waals surface area contributed by atoms with E-state index in [1.54, 1.807) is 0 Å². The number of rotatable bonds is 1. The Kier molecular flexibility index (Phi) is 660. The predicted octanol–water partition coefficient (Wildman–Crippen LogP) is 9.40. The van der Waals surface area contributed by atoms with Crippen LogP contribution in [0.15, 0.2) is 12.7 Å². The molecular weight excluding hydrogens is 240 g/mol. The monoisotopic (exact) mass is 294 g/mol. The minimum absolute atomic E-state index is 0.648. The van der Waals surface area contributed by atoms with Crippen molar-refractivity contribution in [2.75, 3.05) is 0 Å². The lowest BCUT2D eigenvalue weighted by atomic mass is 10.2. The molecule has 0 aromatic rings. The molecule has 0 saturated heterocycles.